The number of nitrogens with zero attached hydrogens (tertiary/aromatic N) is 5. The average Bonchev–Trinajstić information content (AvgIpc) is 3.61. The SMILES string of the molecule is CNC(=O)c1c(-c2ccc(F)cc2)oc2nc(N(C)S(C)(=O)=O)c(-c3ccc4c(n3)-c3cc5nc(OC)ccc5n3CC4)cc12. The average molecular weight is 627 g/mol. The fourth-order valence-electron chi connectivity index (χ4n) is 5.72. The van der Waals surface area contributed by atoms with Gasteiger partial charge in [-0.05, 0) is 60.5 Å². The number of aromatic nitrogens is 4. The summed E-state index contributed by atoms with van der Waals surface area (Å²) in [7, 11) is 0.686. The molecular formula is C32H27FN6O5S. The van der Waals surface area contributed by atoms with Crippen LogP contribution < -0.4 is 14.4 Å². The van der Waals surface area contributed by atoms with E-state index in [4.69, 9.17) is 14.1 Å². The molecular weight excluding hydrogens is 599 g/mol. The van der Waals surface area contributed by atoms with Gasteiger partial charge in [0.2, 0.25) is 21.6 Å². The molecule has 228 valence electrons. The van der Waals surface area contributed by atoms with E-state index < -0.39 is 21.7 Å². The van der Waals surface area contributed by atoms with Crippen LogP contribution in [0.3, 0.4) is 0 Å². The number of fused-ring (bicyclic) bond motifs is 6. The van der Waals surface area contributed by atoms with Crippen molar-refractivity contribution in [3.05, 3.63) is 77.6 Å². The van der Waals surface area contributed by atoms with E-state index in [1.54, 1.807) is 13.2 Å². The fourth-order valence-corrected chi connectivity index (χ4v) is 6.17. The molecule has 7 rings (SSSR count). The first kappa shape index (κ1) is 28.5. The molecule has 0 fully saturated rings. The van der Waals surface area contributed by atoms with Crippen molar-refractivity contribution in [3.8, 4) is 39.8 Å². The van der Waals surface area contributed by atoms with Crippen LogP contribution in [0.5, 0.6) is 5.88 Å². The van der Waals surface area contributed by atoms with E-state index in [-0.39, 0.29) is 22.9 Å². The molecule has 1 aliphatic rings. The Labute approximate surface area is 257 Å². The molecule has 0 saturated carbocycles. The van der Waals surface area contributed by atoms with Gasteiger partial charge in [-0.3, -0.25) is 9.10 Å². The van der Waals surface area contributed by atoms with Gasteiger partial charge >= 0.3 is 0 Å². The maximum absolute atomic E-state index is 13.7. The van der Waals surface area contributed by atoms with Crippen molar-refractivity contribution in [2.45, 2.75) is 13.0 Å². The molecule has 1 aromatic carbocycles. The van der Waals surface area contributed by atoms with Gasteiger partial charge in [0.05, 0.1) is 52.4 Å². The number of methoxy groups -OCH3 is 1. The first-order valence-electron chi connectivity index (χ1n) is 14.0. The van der Waals surface area contributed by atoms with E-state index in [9.17, 15) is 17.6 Å². The number of halogens is 1. The Morgan fingerprint density at radius 3 is 2.56 bits per heavy atom. The smallest absolute Gasteiger partial charge is 0.255 e. The van der Waals surface area contributed by atoms with Gasteiger partial charge in [-0.15, -0.1) is 0 Å². The van der Waals surface area contributed by atoms with Gasteiger partial charge in [0.1, 0.15) is 11.6 Å². The predicted molar refractivity (Wildman–Crippen MR) is 168 cm³/mol. The summed E-state index contributed by atoms with van der Waals surface area (Å²) in [4.78, 5) is 27.5. The Bertz CT molecular complexity index is 2280. The van der Waals surface area contributed by atoms with Crippen LogP contribution in [0.2, 0.25) is 0 Å². The lowest BCUT2D eigenvalue weighted by atomic mass is 10.0. The molecule has 0 saturated heterocycles. The topological polar surface area (TPSA) is 132 Å². The number of carbonyl (C=O) groups is 1. The summed E-state index contributed by atoms with van der Waals surface area (Å²) in [6.45, 7) is 0.743. The largest absolute Gasteiger partial charge is 0.481 e. The molecule has 1 amide bonds. The molecule has 45 heavy (non-hydrogen) atoms. The Morgan fingerprint density at radius 1 is 1.07 bits per heavy atom. The predicted octanol–water partition coefficient (Wildman–Crippen LogP) is 5.03. The van der Waals surface area contributed by atoms with E-state index in [1.165, 1.54) is 38.4 Å². The first-order chi connectivity index (χ1) is 21.6. The quantitative estimate of drug-likeness (QED) is 0.272. The maximum Gasteiger partial charge on any atom is 0.255 e. The molecule has 0 unspecified atom stereocenters. The minimum atomic E-state index is -3.77. The van der Waals surface area contributed by atoms with E-state index in [0.717, 1.165) is 51.5 Å². The number of amides is 1. The molecule has 6 heterocycles. The van der Waals surface area contributed by atoms with E-state index >= 15 is 0 Å². The van der Waals surface area contributed by atoms with Crippen molar-refractivity contribution in [3.63, 3.8) is 0 Å². The highest BCUT2D eigenvalue weighted by Gasteiger charge is 2.29. The zero-order valence-electron chi connectivity index (χ0n) is 24.8. The summed E-state index contributed by atoms with van der Waals surface area (Å²) in [6.07, 6.45) is 1.81. The van der Waals surface area contributed by atoms with Gasteiger partial charge in [0.25, 0.3) is 5.91 Å². The Balaban J connectivity index is 1.48. The summed E-state index contributed by atoms with van der Waals surface area (Å²) in [6, 6.07) is 16.7. The Hall–Kier alpha value is -5.30. The summed E-state index contributed by atoms with van der Waals surface area (Å²) in [5.74, 6) is -0.139. The standard InChI is InChI=1S/C32H27FN6O5S/c1-34-31(40)27-21-15-20(30(38(2)45(4,41)42)37-32(21)44-29(27)18-5-8-19(33)9-6-18)22-10-7-17-13-14-39-24-11-12-26(43-3)35-23(24)16-25(39)28(17)36-22/h5-12,15-16H,13-14H2,1-4H3,(H,34,40). The normalized spacial score (nSPS) is 12.6. The zero-order chi connectivity index (χ0) is 31.6. The number of nitrogens with one attached hydrogen (secondary N) is 1. The Morgan fingerprint density at radius 2 is 1.84 bits per heavy atom. The first-order valence-corrected chi connectivity index (χ1v) is 15.9. The van der Waals surface area contributed by atoms with Gasteiger partial charge < -0.3 is 19.0 Å². The molecule has 1 N–H and O–H groups in total. The highest BCUT2D eigenvalue weighted by atomic mass is 32.2. The van der Waals surface area contributed by atoms with Crippen LogP contribution in [0.15, 0.2) is 65.1 Å². The molecule has 0 bridgehead atoms. The molecule has 13 heteroatoms. The molecule has 11 nitrogen and oxygen atoms in total. The third-order valence-corrected chi connectivity index (χ3v) is 9.23. The van der Waals surface area contributed by atoms with Crippen molar-refractivity contribution >= 4 is 43.9 Å². The number of hydrogen-bond acceptors (Lipinski definition) is 8. The third kappa shape index (κ3) is 4.67. The van der Waals surface area contributed by atoms with Gasteiger partial charge in [-0.2, -0.15) is 4.98 Å². The molecule has 6 aromatic rings. The van der Waals surface area contributed by atoms with Crippen molar-refractivity contribution < 1.29 is 26.8 Å². The van der Waals surface area contributed by atoms with Gasteiger partial charge in [-0.25, -0.2) is 22.8 Å². The number of anilines is 1. The molecule has 0 radical (unpaired) electrons. The number of sulfonamides is 1. The number of carbonyl (C=O) groups excluding carboxylic acids is 1. The molecule has 0 atom stereocenters. The number of hydrogen-bond donors (Lipinski definition) is 1. The number of pyridine rings is 3. The molecule has 0 spiro atoms. The third-order valence-electron chi connectivity index (χ3n) is 8.06. The second-order valence-electron chi connectivity index (χ2n) is 10.7. The van der Waals surface area contributed by atoms with E-state index in [0.29, 0.717) is 28.1 Å². The van der Waals surface area contributed by atoms with Gasteiger partial charge in [0.15, 0.2) is 5.82 Å². The second kappa shape index (κ2) is 10.4. The molecule has 0 aliphatic carbocycles. The zero-order valence-corrected chi connectivity index (χ0v) is 25.6. The molecule has 5 aromatic heterocycles. The lowest BCUT2D eigenvalue weighted by Gasteiger charge is -2.22. The monoisotopic (exact) mass is 626 g/mol. The molecule has 1 aliphatic heterocycles. The van der Waals surface area contributed by atoms with Crippen LogP contribution >= 0.6 is 0 Å². The van der Waals surface area contributed by atoms with Crippen molar-refractivity contribution in [2.75, 3.05) is 31.8 Å². The van der Waals surface area contributed by atoms with Crippen molar-refractivity contribution in [1.82, 2.24) is 24.8 Å². The number of furan rings is 1. The van der Waals surface area contributed by atoms with Crippen LogP contribution in [0, 0.1) is 5.82 Å². The van der Waals surface area contributed by atoms with Crippen LogP contribution in [0.4, 0.5) is 10.2 Å². The van der Waals surface area contributed by atoms with Crippen molar-refractivity contribution in [1.29, 1.82) is 0 Å². The van der Waals surface area contributed by atoms with E-state index in [1.807, 2.05) is 30.3 Å². The number of ether oxygens (including phenoxy) is 1. The van der Waals surface area contributed by atoms with Crippen LogP contribution in [-0.4, -0.2) is 61.3 Å². The second-order valence-corrected chi connectivity index (χ2v) is 12.7. The van der Waals surface area contributed by atoms with Crippen molar-refractivity contribution in [2.24, 2.45) is 0 Å². The van der Waals surface area contributed by atoms with Crippen LogP contribution in [0.25, 0.3) is 56.1 Å². The van der Waals surface area contributed by atoms with Crippen LogP contribution in [0.1, 0.15) is 15.9 Å². The summed E-state index contributed by atoms with van der Waals surface area (Å²) in [5.41, 5.74) is 5.85. The lowest BCUT2D eigenvalue weighted by Crippen LogP contribution is -2.26. The van der Waals surface area contributed by atoms with Gasteiger partial charge in [-0.1, -0.05) is 6.07 Å². The maximum atomic E-state index is 13.7. The Kier molecular flexibility index (Phi) is 6.58. The summed E-state index contributed by atoms with van der Waals surface area (Å²) in [5, 5.41) is 2.98. The highest BCUT2D eigenvalue weighted by Crippen LogP contribution is 2.41. The highest BCUT2D eigenvalue weighted by molar-refractivity contribution is 7.92. The number of rotatable bonds is 6. The van der Waals surface area contributed by atoms with E-state index in [2.05, 4.69) is 19.9 Å². The number of benzene rings is 1. The number of aryl methyl sites for hydroxylation is 2. The van der Waals surface area contributed by atoms with Gasteiger partial charge in [0, 0.05) is 37.8 Å². The summed E-state index contributed by atoms with van der Waals surface area (Å²) < 4.78 is 53.9. The van der Waals surface area contributed by atoms with Crippen LogP contribution in [-0.2, 0) is 23.0 Å². The minimum absolute atomic E-state index is 0.0419. The lowest BCUT2D eigenvalue weighted by molar-refractivity contribution is 0.0964. The minimum Gasteiger partial charge on any atom is -0.481 e. The summed E-state index contributed by atoms with van der Waals surface area (Å²) >= 11 is 0. The fraction of sp³-hybridized carbons (Fsp3) is 0.188.